The molecule has 0 aromatic carbocycles. The van der Waals surface area contributed by atoms with Crippen LogP contribution in [0.2, 0.25) is 0 Å². The maximum absolute atomic E-state index is 10.7. The first kappa shape index (κ1) is 13.4. The van der Waals surface area contributed by atoms with Crippen molar-refractivity contribution in [2.75, 3.05) is 11.9 Å². The number of hydrogen-bond donors (Lipinski definition) is 2. The maximum Gasteiger partial charge on any atom is 0.139 e. The lowest BCUT2D eigenvalue weighted by atomic mass is 9.78. The first-order valence-electron chi connectivity index (χ1n) is 7.49. The Balaban J connectivity index is 1.66. The highest BCUT2D eigenvalue weighted by Gasteiger charge is 2.32. The molecule has 2 heterocycles. The van der Waals surface area contributed by atoms with Crippen molar-refractivity contribution < 1.29 is 9.52 Å². The Kier molecular flexibility index (Phi) is 3.66. The van der Waals surface area contributed by atoms with Crippen molar-refractivity contribution in [2.24, 2.45) is 5.92 Å². The molecule has 0 radical (unpaired) electrons. The second-order valence-electron chi connectivity index (χ2n) is 5.92. The van der Waals surface area contributed by atoms with E-state index in [0.29, 0.717) is 6.54 Å². The van der Waals surface area contributed by atoms with Crippen molar-refractivity contribution >= 4 is 16.8 Å². The molecule has 2 N–H and O–H groups in total. The molecule has 108 valence electrons. The van der Waals surface area contributed by atoms with Gasteiger partial charge in [-0.2, -0.15) is 0 Å². The third-order valence-electron chi connectivity index (χ3n) is 4.58. The SMILES string of the molecule is CCC1CCC(O)(CNc2nccc3occc23)CC1. The number of nitrogens with zero attached hydrogens (tertiary/aromatic N) is 1. The van der Waals surface area contributed by atoms with Crippen molar-refractivity contribution in [3.05, 3.63) is 24.6 Å². The van der Waals surface area contributed by atoms with Gasteiger partial charge in [0.25, 0.3) is 0 Å². The highest BCUT2D eigenvalue weighted by Crippen LogP contribution is 2.34. The third kappa shape index (κ3) is 2.66. The Bertz CT molecular complexity index is 571. The molecule has 1 aliphatic rings. The van der Waals surface area contributed by atoms with Crippen LogP contribution < -0.4 is 5.32 Å². The molecule has 2 aromatic rings. The molecule has 4 nitrogen and oxygen atoms in total. The lowest BCUT2D eigenvalue weighted by Gasteiger charge is -2.36. The van der Waals surface area contributed by atoms with Crippen LogP contribution in [0.15, 0.2) is 29.0 Å². The van der Waals surface area contributed by atoms with E-state index >= 15 is 0 Å². The molecule has 0 aliphatic heterocycles. The van der Waals surface area contributed by atoms with E-state index in [-0.39, 0.29) is 0 Å². The zero-order valence-corrected chi connectivity index (χ0v) is 11.9. The van der Waals surface area contributed by atoms with Gasteiger partial charge >= 0.3 is 0 Å². The number of anilines is 1. The zero-order valence-electron chi connectivity index (χ0n) is 11.9. The average molecular weight is 274 g/mol. The zero-order chi connectivity index (χ0) is 14.0. The van der Waals surface area contributed by atoms with Gasteiger partial charge in [-0.15, -0.1) is 0 Å². The Hall–Kier alpha value is -1.55. The summed E-state index contributed by atoms with van der Waals surface area (Å²) in [5, 5.41) is 14.9. The minimum absolute atomic E-state index is 0.556. The first-order chi connectivity index (χ1) is 9.70. The molecule has 1 saturated carbocycles. The van der Waals surface area contributed by atoms with E-state index in [4.69, 9.17) is 4.42 Å². The summed E-state index contributed by atoms with van der Waals surface area (Å²) in [6, 6.07) is 3.75. The van der Waals surface area contributed by atoms with Gasteiger partial charge in [0.15, 0.2) is 0 Å². The van der Waals surface area contributed by atoms with E-state index in [0.717, 1.165) is 48.4 Å². The molecular formula is C16H22N2O2. The highest BCUT2D eigenvalue weighted by atomic mass is 16.3. The molecule has 0 bridgehead atoms. The van der Waals surface area contributed by atoms with Gasteiger partial charge in [0.1, 0.15) is 11.4 Å². The molecule has 1 aliphatic carbocycles. The number of pyridine rings is 1. The molecule has 0 spiro atoms. The second-order valence-corrected chi connectivity index (χ2v) is 5.92. The summed E-state index contributed by atoms with van der Waals surface area (Å²) in [6.07, 6.45) is 8.61. The van der Waals surface area contributed by atoms with Crippen LogP contribution in [-0.2, 0) is 0 Å². The van der Waals surface area contributed by atoms with Crippen LogP contribution in [0.5, 0.6) is 0 Å². The number of aromatic nitrogens is 1. The fourth-order valence-corrected chi connectivity index (χ4v) is 3.08. The van der Waals surface area contributed by atoms with Crippen LogP contribution in [0.4, 0.5) is 5.82 Å². The van der Waals surface area contributed by atoms with E-state index in [2.05, 4.69) is 17.2 Å². The Morgan fingerprint density at radius 3 is 2.95 bits per heavy atom. The fourth-order valence-electron chi connectivity index (χ4n) is 3.08. The summed E-state index contributed by atoms with van der Waals surface area (Å²) in [4.78, 5) is 4.34. The van der Waals surface area contributed by atoms with Gasteiger partial charge in [0.2, 0.25) is 0 Å². The molecule has 0 amide bonds. The molecule has 0 saturated heterocycles. The van der Waals surface area contributed by atoms with E-state index in [9.17, 15) is 5.11 Å². The number of aliphatic hydroxyl groups is 1. The van der Waals surface area contributed by atoms with Crippen molar-refractivity contribution in [1.29, 1.82) is 0 Å². The van der Waals surface area contributed by atoms with E-state index in [1.165, 1.54) is 6.42 Å². The van der Waals surface area contributed by atoms with Crippen LogP contribution in [-0.4, -0.2) is 22.2 Å². The molecule has 0 atom stereocenters. The van der Waals surface area contributed by atoms with Gasteiger partial charge < -0.3 is 14.8 Å². The van der Waals surface area contributed by atoms with Crippen LogP contribution in [0.1, 0.15) is 39.0 Å². The largest absolute Gasteiger partial charge is 0.464 e. The summed E-state index contributed by atoms with van der Waals surface area (Å²) >= 11 is 0. The summed E-state index contributed by atoms with van der Waals surface area (Å²) in [5.74, 6) is 1.58. The third-order valence-corrected chi connectivity index (χ3v) is 4.58. The Morgan fingerprint density at radius 1 is 1.40 bits per heavy atom. The van der Waals surface area contributed by atoms with Crippen molar-refractivity contribution in [2.45, 2.75) is 44.6 Å². The van der Waals surface area contributed by atoms with Gasteiger partial charge in [-0.1, -0.05) is 13.3 Å². The molecule has 3 rings (SSSR count). The van der Waals surface area contributed by atoms with Crippen LogP contribution in [0.25, 0.3) is 11.0 Å². The lowest BCUT2D eigenvalue weighted by molar-refractivity contribution is 0.00225. The Morgan fingerprint density at radius 2 is 2.20 bits per heavy atom. The minimum Gasteiger partial charge on any atom is -0.464 e. The van der Waals surface area contributed by atoms with E-state index in [1.807, 2.05) is 12.1 Å². The topological polar surface area (TPSA) is 58.3 Å². The van der Waals surface area contributed by atoms with Gasteiger partial charge in [0, 0.05) is 12.7 Å². The van der Waals surface area contributed by atoms with Crippen LogP contribution >= 0.6 is 0 Å². The molecule has 4 heteroatoms. The maximum atomic E-state index is 10.7. The molecule has 20 heavy (non-hydrogen) atoms. The number of nitrogens with one attached hydrogen (secondary N) is 1. The lowest BCUT2D eigenvalue weighted by Crippen LogP contribution is -2.40. The van der Waals surface area contributed by atoms with Gasteiger partial charge in [-0.3, -0.25) is 0 Å². The van der Waals surface area contributed by atoms with Gasteiger partial charge in [-0.25, -0.2) is 4.98 Å². The number of hydrogen-bond acceptors (Lipinski definition) is 4. The molecule has 1 fully saturated rings. The smallest absolute Gasteiger partial charge is 0.139 e. The van der Waals surface area contributed by atoms with Crippen molar-refractivity contribution in [3.63, 3.8) is 0 Å². The van der Waals surface area contributed by atoms with Gasteiger partial charge in [-0.05, 0) is 43.7 Å². The van der Waals surface area contributed by atoms with Crippen molar-refractivity contribution in [3.8, 4) is 0 Å². The first-order valence-corrected chi connectivity index (χ1v) is 7.49. The summed E-state index contributed by atoms with van der Waals surface area (Å²) in [7, 11) is 0. The number of furan rings is 1. The molecule has 2 aromatic heterocycles. The minimum atomic E-state index is -0.598. The summed E-state index contributed by atoms with van der Waals surface area (Å²) in [6.45, 7) is 2.79. The van der Waals surface area contributed by atoms with Crippen LogP contribution in [0.3, 0.4) is 0 Å². The highest BCUT2D eigenvalue weighted by molar-refractivity contribution is 5.87. The number of rotatable bonds is 4. The molecular weight excluding hydrogens is 252 g/mol. The second kappa shape index (κ2) is 5.44. The standard InChI is InChI=1S/C16H22N2O2/c1-2-12-3-7-16(19,8-4-12)11-18-15-13-6-10-20-14(13)5-9-17-15/h5-6,9-10,12,19H,2-4,7-8,11H2,1H3,(H,17,18). The van der Waals surface area contributed by atoms with Crippen molar-refractivity contribution in [1.82, 2.24) is 4.98 Å². The summed E-state index contributed by atoms with van der Waals surface area (Å²) in [5.41, 5.74) is 0.225. The molecule has 0 unspecified atom stereocenters. The van der Waals surface area contributed by atoms with Gasteiger partial charge in [0.05, 0.1) is 17.3 Å². The quantitative estimate of drug-likeness (QED) is 0.894. The normalized spacial score (nSPS) is 26.8. The Labute approximate surface area is 119 Å². The van der Waals surface area contributed by atoms with Crippen LogP contribution in [0, 0.1) is 5.92 Å². The van der Waals surface area contributed by atoms with E-state index < -0.39 is 5.60 Å². The number of fused-ring (bicyclic) bond motifs is 1. The fraction of sp³-hybridized carbons (Fsp3) is 0.562. The summed E-state index contributed by atoms with van der Waals surface area (Å²) < 4.78 is 5.36. The average Bonchev–Trinajstić information content (AvgIpc) is 2.95. The van der Waals surface area contributed by atoms with E-state index in [1.54, 1.807) is 12.5 Å². The monoisotopic (exact) mass is 274 g/mol. The predicted molar refractivity (Wildman–Crippen MR) is 79.7 cm³/mol. The predicted octanol–water partition coefficient (Wildman–Crippen LogP) is 3.57.